The number of hydrogen-bond donors (Lipinski definition) is 2. The summed E-state index contributed by atoms with van der Waals surface area (Å²) in [5, 5.41) is 17.7. The third-order valence-corrected chi connectivity index (χ3v) is 2.53. The van der Waals surface area contributed by atoms with Gasteiger partial charge >= 0.3 is 7.12 Å². The summed E-state index contributed by atoms with van der Waals surface area (Å²) in [6.07, 6.45) is 0.164. The highest BCUT2D eigenvalue weighted by Gasteiger charge is 2.39. The monoisotopic (exact) mass is 198 g/mol. The van der Waals surface area contributed by atoms with Crippen molar-refractivity contribution in [1.82, 2.24) is 0 Å². The maximum atomic E-state index is 13.2. The minimum atomic E-state index is -2.82. The Balaban J connectivity index is 2.48. The predicted molar refractivity (Wildman–Crippen MR) is 48.5 cm³/mol. The lowest BCUT2D eigenvalue weighted by atomic mass is 9.79. The molecule has 0 bridgehead atoms. The summed E-state index contributed by atoms with van der Waals surface area (Å²) >= 11 is 0. The molecule has 0 saturated carbocycles. The van der Waals surface area contributed by atoms with Crippen molar-refractivity contribution in [3.05, 3.63) is 29.3 Å². The zero-order valence-electron chi connectivity index (χ0n) is 7.37. The van der Waals surface area contributed by atoms with Crippen LogP contribution in [-0.2, 0) is 12.3 Å². The molecular formula is C9H9BF2O2. The van der Waals surface area contributed by atoms with E-state index in [9.17, 15) is 8.78 Å². The Morgan fingerprint density at radius 3 is 2.64 bits per heavy atom. The quantitative estimate of drug-likeness (QED) is 0.641. The van der Waals surface area contributed by atoms with Gasteiger partial charge in [-0.3, -0.25) is 0 Å². The molecule has 2 rings (SSSR count). The van der Waals surface area contributed by atoms with E-state index in [1.54, 1.807) is 0 Å². The van der Waals surface area contributed by atoms with Crippen LogP contribution in [0.4, 0.5) is 8.78 Å². The van der Waals surface area contributed by atoms with Gasteiger partial charge in [-0.1, -0.05) is 18.2 Å². The molecule has 0 unspecified atom stereocenters. The predicted octanol–water partition coefficient (Wildman–Crippen LogP) is 0.404. The number of benzene rings is 1. The molecule has 0 heterocycles. The number of fused-ring (bicyclic) bond motifs is 1. The number of rotatable bonds is 1. The molecule has 1 aliphatic rings. The van der Waals surface area contributed by atoms with Crippen LogP contribution in [0.1, 0.15) is 17.5 Å². The van der Waals surface area contributed by atoms with Crippen LogP contribution in [0.25, 0.3) is 0 Å². The summed E-state index contributed by atoms with van der Waals surface area (Å²) in [4.78, 5) is 0. The van der Waals surface area contributed by atoms with E-state index in [0.717, 1.165) is 0 Å². The Bertz CT molecular complexity index is 366. The SMILES string of the molecule is OB(O)c1ccc2c(c1)C(F)(F)CC2. The van der Waals surface area contributed by atoms with Crippen LogP contribution in [0, 0.1) is 0 Å². The smallest absolute Gasteiger partial charge is 0.423 e. The van der Waals surface area contributed by atoms with Gasteiger partial charge in [0.2, 0.25) is 0 Å². The maximum Gasteiger partial charge on any atom is 0.488 e. The standard InChI is InChI=1S/C9H9BF2O2/c11-9(12)4-3-6-1-2-7(10(13)14)5-8(6)9/h1-2,5,13-14H,3-4H2. The second kappa shape index (κ2) is 3.03. The van der Waals surface area contributed by atoms with Gasteiger partial charge in [0.1, 0.15) is 0 Å². The largest absolute Gasteiger partial charge is 0.488 e. The van der Waals surface area contributed by atoms with Crippen molar-refractivity contribution >= 4 is 12.6 Å². The molecule has 14 heavy (non-hydrogen) atoms. The minimum absolute atomic E-state index is 0.0666. The first kappa shape index (κ1) is 9.61. The molecule has 2 nitrogen and oxygen atoms in total. The molecule has 0 spiro atoms. The van der Waals surface area contributed by atoms with E-state index in [2.05, 4.69) is 0 Å². The van der Waals surface area contributed by atoms with Crippen molar-refractivity contribution < 1.29 is 18.8 Å². The second-order valence-corrected chi connectivity index (χ2v) is 3.49. The highest BCUT2D eigenvalue weighted by atomic mass is 19.3. The number of hydrogen-bond acceptors (Lipinski definition) is 2. The summed E-state index contributed by atoms with van der Waals surface area (Å²) in [7, 11) is -1.68. The normalized spacial score (nSPS) is 18.0. The second-order valence-electron chi connectivity index (χ2n) is 3.49. The fourth-order valence-electron chi connectivity index (χ4n) is 1.74. The van der Waals surface area contributed by atoms with Crippen LogP contribution in [-0.4, -0.2) is 17.2 Å². The molecule has 74 valence electrons. The summed E-state index contributed by atoms with van der Waals surface area (Å²) in [6.45, 7) is 0. The fourth-order valence-corrected chi connectivity index (χ4v) is 1.74. The van der Waals surface area contributed by atoms with Gasteiger partial charge in [-0.25, -0.2) is 8.78 Å². The molecule has 0 atom stereocenters. The summed E-state index contributed by atoms with van der Waals surface area (Å²) in [5.74, 6) is -2.82. The molecule has 0 radical (unpaired) electrons. The Morgan fingerprint density at radius 1 is 1.29 bits per heavy atom. The first-order valence-electron chi connectivity index (χ1n) is 4.38. The fraction of sp³-hybridized carbons (Fsp3) is 0.333. The first-order chi connectivity index (χ1) is 6.50. The molecule has 0 aliphatic heterocycles. The average molecular weight is 198 g/mol. The molecule has 1 aromatic rings. The highest BCUT2D eigenvalue weighted by molar-refractivity contribution is 6.58. The lowest BCUT2D eigenvalue weighted by molar-refractivity contribution is -0.00178. The zero-order valence-corrected chi connectivity index (χ0v) is 7.37. The topological polar surface area (TPSA) is 40.5 Å². The zero-order chi connectivity index (χ0) is 10.3. The van der Waals surface area contributed by atoms with Crippen LogP contribution < -0.4 is 5.46 Å². The van der Waals surface area contributed by atoms with Gasteiger partial charge in [0, 0.05) is 12.0 Å². The van der Waals surface area contributed by atoms with Crippen LogP contribution >= 0.6 is 0 Å². The average Bonchev–Trinajstić information content (AvgIpc) is 2.42. The Morgan fingerprint density at radius 2 is 2.00 bits per heavy atom. The van der Waals surface area contributed by atoms with Crippen molar-refractivity contribution in [2.24, 2.45) is 0 Å². The van der Waals surface area contributed by atoms with Crippen molar-refractivity contribution in [3.63, 3.8) is 0 Å². The third-order valence-electron chi connectivity index (χ3n) is 2.53. The van der Waals surface area contributed by atoms with E-state index in [-0.39, 0.29) is 17.4 Å². The van der Waals surface area contributed by atoms with Gasteiger partial charge in [-0.15, -0.1) is 0 Å². The summed E-state index contributed by atoms with van der Waals surface area (Å²) in [5.41, 5.74) is 0.646. The molecule has 1 aliphatic carbocycles. The van der Waals surface area contributed by atoms with Gasteiger partial charge < -0.3 is 10.0 Å². The van der Waals surface area contributed by atoms with Gasteiger partial charge in [0.25, 0.3) is 5.92 Å². The van der Waals surface area contributed by atoms with Crippen LogP contribution in [0.5, 0.6) is 0 Å². The molecule has 2 N–H and O–H groups in total. The van der Waals surface area contributed by atoms with Crippen molar-refractivity contribution in [3.8, 4) is 0 Å². The molecule has 0 aromatic heterocycles. The summed E-state index contributed by atoms with van der Waals surface area (Å²) in [6, 6.07) is 4.17. The van der Waals surface area contributed by atoms with Crippen LogP contribution in [0.15, 0.2) is 18.2 Å². The number of aryl methyl sites for hydroxylation is 1. The molecule has 0 saturated heterocycles. The van der Waals surface area contributed by atoms with Gasteiger partial charge in [-0.05, 0) is 17.4 Å². The molecule has 0 fully saturated rings. The van der Waals surface area contributed by atoms with Crippen molar-refractivity contribution in [2.45, 2.75) is 18.8 Å². The molecule has 5 heteroatoms. The van der Waals surface area contributed by atoms with Gasteiger partial charge in [-0.2, -0.15) is 0 Å². The number of halogens is 2. The van der Waals surface area contributed by atoms with E-state index < -0.39 is 13.0 Å². The lowest BCUT2D eigenvalue weighted by Gasteiger charge is -2.10. The number of alkyl halides is 2. The molecule has 0 amide bonds. The Kier molecular flexibility index (Phi) is 2.08. The van der Waals surface area contributed by atoms with Crippen molar-refractivity contribution in [1.29, 1.82) is 0 Å². The lowest BCUT2D eigenvalue weighted by Crippen LogP contribution is -2.30. The third kappa shape index (κ3) is 1.42. The molecule has 1 aromatic carbocycles. The van der Waals surface area contributed by atoms with Gasteiger partial charge in [0.15, 0.2) is 0 Å². The van der Waals surface area contributed by atoms with E-state index in [4.69, 9.17) is 10.0 Å². The molecular weight excluding hydrogens is 189 g/mol. The van der Waals surface area contributed by atoms with E-state index in [1.165, 1.54) is 18.2 Å². The maximum absolute atomic E-state index is 13.2. The van der Waals surface area contributed by atoms with E-state index >= 15 is 0 Å². The van der Waals surface area contributed by atoms with E-state index in [1.807, 2.05) is 0 Å². The highest BCUT2D eigenvalue weighted by Crippen LogP contribution is 2.40. The van der Waals surface area contributed by atoms with E-state index in [0.29, 0.717) is 12.0 Å². The van der Waals surface area contributed by atoms with Crippen LogP contribution in [0.2, 0.25) is 0 Å². The van der Waals surface area contributed by atoms with Crippen LogP contribution in [0.3, 0.4) is 0 Å². The minimum Gasteiger partial charge on any atom is -0.423 e. The van der Waals surface area contributed by atoms with Gasteiger partial charge in [0.05, 0.1) is 0 Å². The Labute approximate surface area is 80.3 Å². The first-order valence-corrected chi connectivity index (χ1v) is 4.38. The van der Waals surface area contributed by atoms with Crippen molar-refractivity contribution in [2.75, 3.05) is 0 Å². The Hall–Kier alpha value is -0.935. The summed E-state index contributed by atoms with van der Waals surface area (Å²) < 4.78 is 26.4.